The van der Waals surface area contributed by atoms with Gasteiger partial charge in [0.2, 0.25) is 0 Å². The lowest BCUT2D eigenvalue weighted by molar-refractivity contribution is -0.144. The third-order valence-electron chi connectivity index (χ3n) is 4.56. The maximum Gasteiger partial charge on any atom is 0.329 e. The van der Waals surface area contributed by atoms with E-state index in [-0.39, 0.29) is 18.7 Å². The van der Waals surface area contributed by atoms with Crippen LogP contribution >= 0.6 is 0 Å². The van der Waals surface area contributed by atoms with E-state index in [1.54, 1.807) is 4.90 Å². The van der Waals surface area contributed by atoms with Crippen molar-refractivity contribution in [1.82, 2.24) is 10.2 Å². The van der Waals surface area contributed by atoms with Crippen LogP contribution in [0.1, 0.15) is 51.4 Å². The van der Waals surface area contributed by atoms with Crippen LogP contribution in [0.4, 0.5) is 4.79 Å². The van der Waals surface area contributed by atoms with Gasteiger partial charge < -0.3 is 20.4 Å². The first kappa shape index (κ1) is 15.1. The SMILES string of the molecule is O=C(NC1(C(=O)O)CCCC1)N1CCCCC1CCO. The summed E-state index contributed by atoms with van der Waals surface area (Å²) in [5.41, 5.74) is -1.09. The molecule has 1 heterocycles. The molecule has 2 aliphatic rings. The molecule has 2 fully saturated rings. The standard InChI is InChI=1S/C14H24N2O4/c17-10-6-11-5-1-4-9-16(11)13(20)15-14(12(18)19)7-2-3-8-14/h11,17H,1-10H2,(H,15,20)(H,18,19). The summed E-state index contributed by atoms with van der Waals surface area (Å²) in [5.74, 6) is -0.931. The molecule has 0 radical (unpaired) electrons. The van der Waals surface area contributed by atoms with E-state index in [4.69, 9.17) is 5.11 Å². The minimum Gasteiger partial charge on any atom is -0.480 e. The summed E-state index contributed by atoms with van der Waals surface area (Å²) in [6.07, 6.45) is 6.13. The zero-order chi connectivity index (χ0) is 14.6. The quantitative estimate of drug-likeness (QED) is 0.726. The van der Waals surface area contributed by atoms with E-state index in [9.17, 15) is 14.7 Å². The van der Waals surface area contributed by atoms with Crippen molar-refractivity contribution in [2.24, 2.45) is 0 Å². The van der Waals surface area contributed by atoms with Gasteiger partial charge in [-0.1, -0.05) is 12.8 Å². The van der Waals surface area contributed by atoms with Gasteiger partial charge in [0, 0.05) is 19.2 Å². The van der Waals surface area contributed by atoms with Gasteiger partial charge in [0.1, 0.15) is 5.54 Å². The molecule has 6 nitrogen and oxygen atoms in total. The van der Waals surface area contributed by atoms with Gasteiger partial charge >= 0.3 is 12.0 Å². The molecular weight excluding hydrogens is 260 g/mol. The van der Waals surface area contributed by atoms with Gasteiger partial charge in [0.25, 0.3) is 0 Å². The van der Waals surface area contributed by atoms with Crippen LogP contribution in [0.25, 0.3) is 0 Å². The second-order valence-electron chi connectivity index (χ2n) is 5.88. The first-order valence-electron chi connectivity index (χ1n) is 7.52. The highest BCUT2D eigenvalue weighted by molar-refractivity contribution is 5.86. The van der Waals surface area contributed by atoms with Gasteiger partial charge in [-0.2, -0.15) is 0 Å². The molecule has 1 atom stereocenters. The zero-order valence-corrected chi connectivity index (χ0v) is 11.8. The van der Waals surface area contributed by atoms with Crippen LogP contribution in [0.3, 0.4) is 0 Å². The highest BCUT2D eigenvalue weighted by Crippen LogP contribution is 2.30. The maximum absolute atomic E-state index is 12.4. The molecule has 1 saturated heterocycles. The van der Waals surface area contributed by atoms with Crippen LogP contribution in [0.5, 0.6) is 0 Å². The number of aliphatic hydroxyl groups excluding tert-OH is 1. The van der Waals surface area contributed by atoms with Crippen molar-refractivity contribution < 1.29 is 19.8 Å². The number of aliphatic hydroxyl groups is 1. The minimum absolute atomic E-state index is 0.0287. The largest absolute Gasteiger partial charge is 0.480 e. The Morgan fingerprint density at radius 3 is 2.50 bits per heavy atom. The molecule has 2 rings (SSSR count). The summed E-state index contributed by atoms with van der Waals surface area (Å²) in [6.45, 7) is 0.699. The van der Waals surface area contributed by atoms with Gasteiger partial charge in [-0.25, -0.2) is 9.59 Å². The van der Waals surface area contributed by atoms with Crippen LogP contribution < -0.4 is 5.32 Å². The number of carbonyl (C=O) groups is 2. The molecule has 2 amide bonds. The minimum atomic E-state index is -1.09. The summed E-state index contributed by atoms with van der Waals surface area (Å²) >= 11 is 0. The van der Waals surface area contributed by atoms with Gasteiger partial charge in [-0.05, 0) is 38.5 Å². The molecule has 20 heavy (non-hydrogen) atoms. The average Bonchev–Trinajstić information content (AvgIpc) is 2.89. The zero-order valence-electron chi connectivity index (χ0n) is 11.8. The fraction of sp³-hybridized carbons (Fsp3) is 0.857. The van der Waals surface area contributed by atoms with Gasteiger partial charge in [-0.3, -0.25) is 0 Å². The number of piperidine rings is 1. The van der Waals surface area contributed by atoms with Crippen LogP contribution in [0.15, 0.2) is 0 Å². The van der Waals surface area contributed by atoms with Crippen LogP contribution in [0, 0.1) is 0 Å². The number of urea groups is 1. The summed E-state index contributed by atoms with van der Waals surface area (Å²) in [6, 6.07) is -0.256. The molecule has 114 valence electrons. The summed E-state index contributed by atoms with van der Waals surface area (Å²) in [5, 5.41) is 21.3. The lowest BCUT2D eigenvalue weighted by atomic mass is 9.97. The van der Waals surface area contributed by atoms with Crippen molar-refractivity contribution in [2.75, 3.05) is 13.2 Å². The van der Waals surface area contributed by atoms with Crippen molar-refractivity contribution in [3.63, 3.8) is 0 Å². The first-order chi connectivity index (χ1) is 9.59. The predicted molar refractivity (Wildman–Crippen MR) is 73.4 cm³/mol. The molecule has 0 bridgehead atoms. The molecule has 1 aliphatic carbocycles. The number of rotatable bonds is 4. The molecule has 6 heteroatoms. The lowest BCUT2D eigenvalue weighted by Crippen LogP contribution is -2.59. The van der Waals surface area contributed by atoms with E-state index >= 15 is 0 Å². The number of carbonyl (C=O) groups excluding carboxylic acids is 1. The van der Waals surface area contributed by atoms with E-state index in [0.717, 1.165) is 32.1 Å². The number of likely N-dealkylation sites (tertiary alicyclic amines) is 1. The topological polar surface area (TPSA) is 89.9 Å². The second kappa shape index (κ2) is 6.43. The monoisotopic (exact) mass is 284 g/mol. The molecule has 0 aromatic carbocycles. The van der Waals surface area contributed by atoms with E-state index in [1.807, 2.05) is 0 Å². The summed E-state index contributed by atoms with van der Waals surface area (Å²) in [7, 11) is 0. The Labute approximate surface area is 119 Å². The lowest BCUT2D eigenvalue weighted by Gasteiger charge is -2.38. The molecule has 0 aromatic rings. The molecule has 1 unspecified atom stereocenters. The summed E-state index contributed by atoms with van der Waals surface area (Å²) < 4.78 is 0. The van der Waals surface area contributed by atoms with E-state index in [1.165, 1.54) is 0 Å². The second-order valence-corrected chi connectivity index (χ2v) is 5.88. The van der Waals surface area contributed by atoms with E-state index in [2.05, 4.69) is 5.32 Å². The Bertz CT molecular complexity index is 364. The maximum atomic E-state index is 12.4. The van der Waals surface area contributed by atoms with E-state index < -0.39 is 11.5 Å². The van der Waals surface area contributed by atoms with Gasteiger partial charge in [0.05, 0.1) is 0 Å². The number of amides is 2. The Kier molecular flexibility index (Phi) is 4.86. The third kappa shape index (κ3) is 3.06. The molecule has 0 aromatic heterocycles. The van der Waals surface area contributed by atoms with Gasteiger partial charge in [-0.15, -0.1) is 0 Å². The highest BCUT2D eigenvalue weighted by atomic mass is 16.4. The molecular formula is C14H24N2O4. The Balaban J connectivity index is 2.03. The van der Waals surface area contributed by atoms with Crippen molar-refractivity contribution in [3.05, 3.63) is 0 Å². The van der Waals surface area contributed by atoms with Crippen molar-refractivity contribution in [3.8, 4) is 0 Å². The number of hydrogen-bond acceptors (Lipinski definition) is 3. The Morgan fingerprint density at radius 1 is 1.20 bits per heavy atom. The molecule has 0 spiro atoms. The smallest absolute Gasteiger partial charge is 0.329 e. The Morgan fingerprint density at radius 2 is 1.90 bits per heavy atom. The number of nitrogens with one attached hydrogen (secondary N) is 1. The van der Waals surface area contributed by atoms with E-state index in [0.29, 0.717) is 25.8 Å². The molecule has 1 saturated carbocycles. The normalized spacial score (nSPS) is 25.4. The van der Waals surface area contributed by atoms with Crippen LogP contribution in [-0.2, 0) is 4.79 Å². The number of nitrogens with zero attached hydrogens (tertiary/aromatic N) is 1. The van der Waals surface area contributed by atoms with Crippen molar-refractivity contribution in [1.29, 1.82) is 0 Å². The first-order valence-corrected chi connectivity index (χ1v) is 7.52. The number of aliphatic carboxylic acids is 1. The third-order valence-corrected chi connectivity index (χ3v) is 4.56. The average molecular weight is 284 g/mol. The number of carboxylic acid groups (broad SMARTS) is 1. The van der Waals surface area contributed by atoms with Crippen molar-refractivity contribution in [2.45, 2.75) is 62.9 Å². The van der Waals surface area contributed by atoms with Crippen LogP contribution in [-0.4, -0.2) is 51.8 Å². The fourth-order valence-electron chi connectivity index (χ4n) is 3.36. The number of carboxylic acids is 1. The Hall–Kier alpha value is -1.30. The molecule has 3 N–H and O–H groups in total. The fourth-order valence-corrected chi connectivity index (χ4v) is 3.36. The predicted octanol–water partition coefficient (Wildman–Crippen LogP) is 1.33. The van der Waals surface area contributed by atoms with Gasteiger partial charge in [0.15, 0.2) is 0 Å². The summed E-state index contributed by atoms with van der Waals surface area (Å²) in [4.78, 5) is 25.6. The van der Waals surface area contributed by atoms with Crippen molar-refractivity contribution >= 4 is 12.0 Å². The van der Waals surface area contributed by atoms with Crippen LogP contribution in [0.2, 0.25) is 0 Å². The number of hydrogen-bond donors (Lipinski definition) is 3. The molecule has 1 aliphatic heterocycles. The highest BCUT2D eigenvalue weighted by Gasteiger charge is 2.44.